The van der Waals surface area contributed by atoms with Crippen molar-refractivity contribution in [3.05, 3.63) is 35.6 Å². The molecule has 104 valence electrons. The molecule has 1 saturated heterocycles. The lowest BCUT2D eigenvalue weighted by Crippen LogP contribution is -2.37. The van der Waals surface area contributed by atoms with E-state index in [4.69, 9.17) is 9.84 Å². The zero-order valence-corrected chi connectivity index (χ0v) is 10.7. The summed E-state index contributed by atoms with van der Waals surface area (Å²) in [6.07, 6.45) is 1.67. The van der Waals surface area contributed by atoms with Crippen LogP contribution in [-0.4, -0.2) is 41.8 Å². The van der Waals surface area contributed by atoms with E-state index in [9.17, 15) is 9.18 Å². The number of halogens is 1. The van der Waals surface area contributed by atoms with Gasteiger partial charge in [-0.3, -0.25) is 4.90 Å². The highest BCUT2D eigenvalue weighted by molar-refractivity contribution is 5.68. The van der Waals surface area contributed by atoms with Crippen molar-refractivity contribution >= 4 is 5.97 Å². The number of likely N-dealkylation sites (tertiary alicyclic amines) is 1. The highest BCUT2D eigenvalue weighted by atomic mass is 19.1. The summed E-state index contributed by atoms with van der Waals surface area (Å²) >= 11 is 0. The number of carbonyl (C=O) groups is 1. The van der Waals surface area contributed by atoms with Crippen molar-refractivity contribution in [2.24, 2.45) is 0 Å². The van der Waals surface area contributed by atoms with Crippen LogP contribution in [-0.2, 0) is 16.1 Å². The Morgan fingerprint density at radius 2 is 2.16 bits per heavy atom. The van der Waals surface area contributed by atoms with Gasteiger partial charge in [0.15, 0.2) is 0 Å². The number of benzene rings is 1. The Kier molecular flexibility index (Phi) is 4.87. The molecule has 0 saturated carbocycles. The number of hydrogen-bond acceptors (Lipinski definition) is 3. The Morgan fingerprint density at radius 1 is 1.42 bits per heavy atom. The summed E-state index contributed by atoms with van der Waals surface area (Å²) in [6, 6.07) is 6.62. The molecular formula is C14H18FNO3. The molecule has 0 aromatic heterocycles. The van der Waals surface area contributed by atoms with Gasteiger partial charge in [0.2, 0.25) is 0 Å². The molecule has 1 heterocycles. The van der Waals surface area contributed by atoms with Gasteiger partial charge in [-0.05, 0) is 30.5 Å². The summed E-state index contributed by atoms with van der Waals surface area (Å²) in [5.41, 5.74) is 0.963. The molecular weight excluding hydrogens is 249 g/mol. The number of ether oxygens (including phenoxy) is 1. The lowest BCUT2D eigenvalue weighted by atomic mass is 10.1. The largest absolute Gasteiger partial charge is 0.480 e. The minimum atomic E-state index is -0.929. The van der Waals surface area contributed by atoms with Gasteiger partial charge >= 0.3 is 5.97 Å². The van der Waals surface area contributed by atoms with Crippen LogP contribution in [0.4, 0.5) is 4.39 Å². The second-order valence-corrected chi connectivity index (χ2v) is 4.81. The van der Waals surface area contributed by atoms with Crippen molar-refractivity contribution in [3.63, 3.8) is 0 Å². The third-order valence-electron chi connectivity index (χ3n) is 3.27. The van der Waals surface area contributed by atoms with Crippen molar-refractivity contribution in [1.82, 2.24) is 4.90 Å². The molecule has 1 aromatic carbocycles. The van der Waals surface area contributed by atoms with Gasteiger partial charge in [-0.15, -0.1) is 0 Å². The Balaban J connectivity index is 1.75. The zero-order valence-electron chi connectivity index (χ0n) is 10.7. The quantitative estimate of drug-likeness (QED) is 0.885. The van der Waals surface area contributed by atoms with Crippen molar-refractivity contribution in [2.45, 2.75) is 25.5 Å². The van der Waals surface area contributed by atoms with Gasteiger partial charge in [-0.1, -0.05) is 12.1 Å². The van der Waals surface area contributed by atoms with E-state index in [0.29, 0.717) is 0 Å². The fourth-order valence-corrected chi connectivity index (χ4v) is 2.32. The molecule has 4 nitrogen and oxygen atoms in total. The number of piperidine rings is 1. The standard InChI is InChI=1S/C14H18FNO3/c15-12-3-1-2-11(8-12)9-16-6-4-13(5-7-16)19-10-14(17)18/h1-3,8,13H,4-7,9-10H2,(H,17,18). The summed E-state index contributed by atoms with van der Waals surface area (Å²) in [5, 5.41) is 8.55. The summed E-state index contributed by atoms with van der Waals surface area (Å²) < 4.78 is 18.3. The molecule has 1 aliphatic heterocycles. The van der Waals surface area contributed by atoms with E-state index in [1.165, 1.54) is 6.07 Å². The molecule has 0 radical (unpaired) electrons. The highest BCUT2D eigenvalue weighted by Crippen LogP contribution is 2.16. The molecule has 5 heteroatoms. The molecule has 0 amide bonds. The van der Waals surface area contributed by atoms with Crippen molar-refractivity contribution in [1.29, 1.82) is 0 Å². The van der Waals surface area contributed by atoms with Gasteiger partial charge in [0.1, 0.15) is 12.4 Å². The van der Waals surface area contributed by atoms with Crippen molar-refractivity contribution in [3.8, 4) is 0 Å². The second kappa shape index (κ2) is 6.63. The van der Waals surface area contributed by atoms with E-state index in [-0.39, 0.29) is 18.5 Å². The molecule has 1 aliphatic rings. The first kappa shape index (κ1) is 14.0. The summed E-state index contributed by atoms with van der Waals surface area (Å²) in [7, 11) is 0. The van der Waals surface area contributed by atoms with Crippen LogP contribution in [0.25, 0.3) is 0 Å². The maximum absolute atomic E-state index is 13.1. The number of carboxylic acids is 1. The number of hydrogen-bond donors (Lipinski definition) is 1. The monoisotopic (exact) mass is 267 g/mol. The molecule has 1 fully saturated rings. The Hall–Kier alpha value is -1.46. The van der Waals surface area contributed by atoms with Crippen LogP contribution in [0.3, 0.4) is 0 Å². The summed E-state index contributed by atoms with van der Waals surface area (Å²) in [4.78, 5) is 12.6. The number of nitrogens with zero attached hydrogens (tertiary/aromatic N) is 1. The topological polar surface area (TPSA) is 49.8 Å². The van der Waals surface area contributed by atoms with Crippen LogP contribution in [0, 0.1) is 5.82 Å². The van der Waals surface area contributed by atoms with Crippen molar-refractivity contribution in [2.75, 3.05) is 19.7 Å². The van der Waals surface area contributed by atoms with Crippen LogP contribution < -0.4 is 0 Å². The van der Waals surface area contributed by atoms with Crippen LogP contribution in [0.15, 0.2) is 24.3 Å². The molecule has 0 bridgehead atoms. The van der Waals surface area contributed by atoms with E-state index in [1.54, 1.807) is 12.1 Å². The van der Waals surface area contributed by atoms with E-state index in [0.717, 1.165) is 38.0 Å². The lowest BCUT2D eigenvalue weighted by molar-refractivity contribution is -0.145. The minimum absolute atomic E-state index is 0.0276. The van der Waals surface area contributed by atoms with Gasteiger partial charge in [0, 0.05) is 19.6 Å². The molecule has 1 N–H and O–H groups in total. The van der Waals surface area contributed by atoms with Crippen molar-refractivity contribution < 1.29 is 19.0 Å². The fraction of sp³-hybridized carbons (Fsp3) is 0.500. The first-order valence-electron chi connectivity index (χ1n) is 6.43. The molecule has 1 aromatic rings. The Morgan fingerprint density at radius 3 is 2.79 bits per heavy atom. The molecule has 2 rings (SSSR count). The normalized spacial score (nSPS) is 17.5. The Bertz CT molecular complexity index is 430. The van der Waals surface area contributed by atoms with Crippen LogP contribution in [0.5, 0.6) is 0 Å². The maximum Gasteiger partial charge on any atom is 0.329 e. The predicted molar refractivity (Wildman–Crippen MR) is 68.3 cm³/mol. The van der Waals surface area contributed by atoms with E-state index in [2.05, 4.69) is 4.90 Å². The average Bonchev–Trinajstić information content (AvgIpc) is 2.38. The third kappa shape index (κ3) is 4.61. The second-order valence-electron chi connectivity index (χ2n) is 4.81. The minimum Gasteiger partial charge on any atom is -0.480 e. The lowest BCUT2D eigenvalue weighted by Gasteiger charge is -2.31. The molecule has 19 heavy (non-hydrogen) atoms. The van der Waals surface area contributed by atoms with E-state index >= 15 is 0 Å². The number of rotatable bonds is 5. The van der Waals surface area contributed by atoms with Crippen LogP contribution in [0.2, 0.25) is 0 Å². The van der Waals surface area contributed by atoms with Gasteiger partial charge < -0.3 is 9.84 Å². The molecule has 0 unspecified atom stereocenters. The van der Waals surface area contributed by atoms with Crippen LogP contribution in [0.1, 0.15) is 18.4 Å². The summed E-state index contributed by atoms with van der Waals surface area (Å²) in [5.74, 6) is -1.14. The zero-order chi connectivity index (χ0) is 13.7. The van der Waals surface area contributed by atoms with E-state index < -0.39 is 5.97 Å². The van der Waals surface area contributed by atoms with Gasteiger partial charge in [-0.25, -0.2) is 9.18 Å². The fourth-order valence-electron chi connectivity index (χ4n) is 2.32. The number of aliphatic carboxylic acids is 1. The van der Waals surface area contributed by atoms with Gasteiger partial charge in [0.05, 0.1) is 6.10 Å². The third-order valence-corrected chi connectivity index (χ3v) is 3.27. The SMILES string of the molecule is O=C(O)COC1CCN(Cc2cccc(F)c2)CC1. The highest BCUT2D eigenvalue weighted by Gasteiger charge is 2.20. The molecule has 0 spiro atoms. The molecule has 0 aliphatic carbocycles. The van der Waals surface area contributed by atoms with Gasteiger partial charge in [-0.2, -0.15) is 0 Å². The first-order chi connectivity index (χ1) is 9.13. The maximum atomic E-state index is 13.1. The van der Waals surface area contributed by atoms with Crippen LogP contribution >= 0.6 is 0 Å². The predicted octanol–water partition coefficient (Wildman–Crippen LogP) is 1.89. The first-order valence-corrected chi connectivity index (χ1v) is 6.43. The molecule has 0 atom stereocenters. The Labute approximate surface area is 111 Å². The smallest absolute Gasteiger partial charge is 0.329 e. The van der Waals surface area contributed by atoms with Gasteiger partial charge in [0.25, 0.3) is 0 Å². The van der Waals surface area contributed by atoms with E-state index in [1.807, 2.05) is 6.07 Å². The summed E-state index contributed by atoms with van der Waals surface area (Å²) in [6.45, 7) is 2.19. The number of carboxylic acid groups (broad SMARTS) is 1. The average molecular weight is 267 g/mol.